The van der Waals surface area contributed by atoms with Crippen molar-refractivity contribution in [3.8, 4) is 0 Å². The molecule has 2 aromatic rings. The summed E-state index contributed by atoms with van der Waals surface area (Å²) in [5.74, 6) is 0.518. The van der Waals surface area contributed by atoms with Crippen LogP contribution in [0.3, 0.4) is 0 Å². The van der Waals surface area contributed by atoms with Gasteiger partial charge in [-0.2, -0.15) is 0 Å². The van der Waals surface area contributed by atoms with E-state index in [9.17, 15) is 4.79 Å². The second kappa shape index (κ2) is 5.54. The average Bonchev–Trinajstić information content (AvgIpc) is 2.90. The first-order chi connectivity index (χ1) is 9.74. The van der Waals surface area contributed by atoms with Gasteiger partial charge in [-0.25, -0.2) is 4.98 Å². The molecule has 5 heteroatoms. The summed E-state index contributed by atoms with van der Waals surface area (Å²) in [6.07, 6.45) is 2.55. The smallest absolute Gasteiger partial charge is 0.237 e. The van der Waals surface area contributed by atoms with E-state index in [1.165, 1.54) is 17.3 Å². The Morgan fingerprint density at radius 2 is 2.15 bits per heavy atom. The van der Waals surface area contributed by atoms with Crippen molar-refractivity contribution in [3.63, 3.8) is 0 Å². The van der Waals surface area contributed by atoms with Crippen molar-refractivity contribution in [1.29, 1.82) is 0 Å². The molecule has 2 heterocycles. The molecule has 0 aliphatic carbocycles. The molecule has 0 saturated carbocycles. The summed E-state index contributed by atoms with van der Waals surface area (Å²) in [6.45, 7) is 0.772. The summed E-state index contributed by atoms with van der Waals surface area (Å²) in [4.78, 5) is 18.4. The molecule has 0 fully saturated rings. The van der Waals surface area contributed by atoms with Crippen molar-refractivity contribution >= 4 is 29.0 Å². The number of nitrogen functional groups attached to an aromatic ring is 1. The number of nitrogens with two attached hydrogens (primary N) is 1. The molecular weight excluding hydrogens is 270 g/mol. The lowest BCUT2D eigenvalue weighted by Crippen LogP contribution is -2.30. The maximum absolute atomic E-state index is 12.3. The lowest BCUT2D eigenvalue weighted by Gasteiger charge is -2.16. The topological polar surface area (TPSA) is 59.2 Å². The van der Waals surface area contributed by atoms with Gasteiger partial charge in [0.05, 0.1) is 22.7 Å². The van der Waals surface area contributed by atoms with Crippen LogP contribution < -0.4 is 10.6 Å². The van der Waals surface area contributed by atoms with E-state index >= 15 is 0 Å². The fourth-order valence-electron chi connectivity index (χ4n) is 2.29. The van der Waals surface area contributed by atoms with Crippen LogP contribution in [-0.2, 0) is 11.2 Å². The van der Waals surface area contributed by atoms with Crippen molar-refractivity contribution in [2.24, 2.45) is 0 Å². The largest absolute Gasteiger partial charge is 0.397 e. The molecule has 0 saturated heterocycles. The van der Waals surface area contributed by atoms with Gasteiger partial charge < -0.3 is 10.6 Å². The molecule has 3 rings (SSSR count). The van der Waals surface area contributed by atoms with Gasteiger partial charge in [-0.3, -0.25) is 4.79 Å². The summed E-state index contributed by atoms with van der Waals surface area (Å²) < 4.78 is 0. The van der Waals surface area contributed by atoms with E-state index in [-0.39, 0.29) is 5.91 Å². The predicted octanol–water partition coefficient (Wildman–Crippen LogP) is 2.35. The van der Waals surface area contributed by atoms with Crippen molar-refractivity contribution < 1.29 is 4.79 Å². The first-order valence-electron chi connectivity index (χ1n) is 6.46. The number of carbonyl (C=O) groups excluding carboxylic acids is 1. The monoisotopic (exact) mass is 285 g/mol. The van der Waals surface area contributed by atoms with E-state index in [0.29, 0.717) is 11.4 Å². The Labute approximate surface area is 122 Å². The summed E-state index contributed by atoms with van der Waals surface area (Å²) in [5.41, 5.74) is 8.51. The van der Waals surface area contributed by atoms with Gasteiger partial charge in [0.2, 0.25) is 5.91 Å². The average molecular weight is 285 g/mol. The Hall–Kier alpha value is -2.01. The molecule has 0 atom stereocenters. The molecule has 1 aromatic carbocycles. The van der Waals surface area contributed by atoms with Gasteiger partial charge in [0.25, 0.3) is 0 Å². The molecule has 1 amide bonds. The number of benzene rings is 1. The maximum atomic E-state index is 12.3. The zero-order chi connectivity index (χ0) is 13.9. The minimum Gasteiger partial charge on any atom is -0.397 e. The van der Waals surface area contributed by atoms with Crippen LogP contribution in [0, 0.1) is 0 Å². The third-order valence-electron chi connectivity index (χ3n) is 3.29. The number of rotatable bonds is 3. The number of carbonyl (C=O) groups is 1. The number of nitrogens with zero attached hydrogens (tertiary/aromatic N) is 2. The third-order valence-corrected chi connectivity index (χ3v) is 4.22. The zero-order valence-corrected chi connectivity index (χ0v) is 11.8. The van der Waals surface area contributed by atoms with Gasteiger partial charge in [0.1, 0.15) is 0 Å². The predicted molar refractivity (Wildman–Crippen MR) is 81.9 cm³/mol. The van der Waals surface area contributed by atoms with Crippen LogP contribution in [0.4, 0.5) is 11.4 Å². The van der Waals surface area contributed by atoms with Crippen LogP contribution in [0.25, 0.3) is 0 Å². The molecule has 102 valence electrons. The highest BCUT2D eigenvalue weighted by Gasteiger charge is 2.23. The standard InChI is InChI=1S/C15H15N3OS/c16-12-5-6-14(17-9-12)20-10-15(19)18-8-7-11-3-1-2-4-13(11)18/h1-6,9H,7-8,10,16H2. The Morgan fingerprint density at radius 3 is 2.95 bits per heavy atom. The van der Waals surface area contributed by atoms with Crippen molar-refractivity contribution in [3.05, 3.63) is 48.2 Å². The fraction of sp³-hybridized carbons (Fsp3) is 0.200. The fourth-order valence-corrected chi connectivity index (χ4v) is 3.01. The highest BCUT2D eigenvalue weighted by Crippen LogP contribution is 2.28. The minimum absolute atomic E-state index is 0.124. The van der Waals surface area contributed by atoms with Crippen molar-refractivity contribution in [2.45, 2.75) is 11.4 Å². The van der Waals surface area contributed by atoms with Gasteiger partial charge in [0.15, 0.2) is 0 Å². The number of thioether (sulfide) groups is 1. The molecule has 20 heavy (non-hydrogen) atoms. The second-order valence-corrected chi connectivity index (χ2v) is 5.64. The molecular formula is C15H15N3OS. The van der Waals surface area contributed by atoms with Gasteiger partial charge in [-0.05, 0) is 30.2 Å². The lowest BCUT2D eigenvalue weighted by molar-refractivity contribution is -0.116. The molecule has 1 aliphatic rings. The van der Waals surface area contributed by atoms with Crippen LogP contribution in [0.15, 0.2) is 47.6 Å². The SMILES string of the molecule is Nc1ccc(SCC(=O)N2CCc3ccccc32)nc1. The third kappa shape index (κ3) is 2.63. The molecule has 1 aromatic heterocycles. The van der Waals surface area contributed by atoms with Gasteiger partial charge >= 0.3 is 0 Å². The van der Waals surface area contributed by atoms with Gasteiger partial charge in [-0.15, -0.1) is 0 Å². The molecule has 0 radical (unpaired) electrons. The summed E-state index contributed by atoms with van der Waals surface area (Å²) in [7, 11) is 0. The van der Waals surface area contributed by atoms with Crippen molar-refractivity contribution in [2.75, 3.05) is 22.9 Å². The van der Waals surface area contributed by atoms with E-state index in [0.717, 1.165) is 23.7 Å². The number of para-hydroxylation sites is 1. The van der Waals surface area contributed by atoms with Crippen LogP contribution in [0.2, 0.25) is 0 Å². The van der Waals surface area contributed by atoms with E-state index in [1.807, 2.05) is 29.2 Å². The Kier molecular flexibility index (Phi) is 3.60. The second-order valence-electron chi connectivity index (χ2n) is 4.64. The molecule has 1 aliphatic heterocycles. The van der Waals surface area contributed by atoms with E-state index in [2.05, 4.69) is 11.1 Å². The zero-order valence-electron chi connectivity index (χ0n) is 11.0. The minimum atomic E-state index is 0.124. The Balaban J connectivity index is 1.65. The van der Waals surface area contributed by atoms with E-state index in [4.69, 9.17) is 5.73 Å². The van der Waals surface area contributed by atoms with Crippen LogP contribution >= 0.6 is 11.8 Å². The summed E-state index contributed by atoms with van der Waals surface area (Å²) in [6, 6.07) is 11.7. The molecule has 0 bridgehead atoms. The normalized spacial score (nSPS) is 13.3. The maximum Gasteiger partial charge on any atom is 0.237 e. The number of hydrogen-bond donors (Lipinski definition) is 1. The molecule has 0 unspecified atom stereocenters. The molecule has 2 N–H and O–H groups in total. The Bertz CT molecular complexity index is 627. The van der Waals surface area contributed by atoms with Crippen LogP contribution in [-0.4, -0.2) is 23.2 Å². The molecule has 4 nitrogen and oxygen atoms in total. The number of fused-ring (bicyclic) bond motifs is 1. The number of pyridine rings is 1. The lowest BCUT2D eigenvalue weighted by atomic mass is 10.2. The first kappa shape index (κ1) is 13.0. The number of aromatic nitrogens is 1. The van der Waals surface area contributed by atoms with Crippen molar-refractivity contribution in [1.82, 2.24) is 4.98 Å². The van der Waals surface area contributed by atoms with Crippen LogP contribution in [0.5, 0.6) is 0 Å². The number of anilines is 2. The highest BCUT2D eigenvalue weighted by atomic mass is 32.2. The first-order valence-corrected chi connectivity index (χ1v) is 7.45. The van der Waals surface area contributed by atoms with Gasteiger partial charge in [0, 0.05) is 12.2 Å². The summed E-state index contributed by atoms with van der Waals surface area (Å²) in [5, 5.41) is 0.819. The van der Waals surface area contributed by atoms with Crippen LogP contribution in [0.1, 0.15) is 5.56 Å². The number of amides is 1. The van der Waals surface area contributed by atoms with E-state index in [1.54, 1.807) is 12.3 Å². The van der Waals surface area contributed by atoms with Gasteiger partial charge in [-0.1, -0.05) is 30.0 Å². The highest BCUT2D eigenvalue weighted by molar-refractivity contribution is 7.99. The number of hydrogen-bond acceptors (Lipinski definition) is 4. The quantitative estimate of drug-likeness (QED) is 0.879. The molecule has 0 spiro atoms. The van der Waals surface area contributed by atoms with E-state index < -0.39 is 0 Å². The Morgan fingerprint density at radius 1 is 1.30 bits per heavy atom. The summed E-state index contributed by atoms with van der Waals surface area (Å²) >= 11 is 1.44.